The summed E-state index contributed by atoms with van der Waals surface area (Å²) < 4.78 is 15.1. The third-order valence-corrected chi connectivity index (χ3v) is 7.11. The Morgan fingerprint density at radius 2 is 1.88 bits per heavy atom. The van der Waals surface area contributed by atoms with Gasteiger partial charge >= 0.3 is 6.09 Å². The number of pyridine rings is 2. The van der Waals surface area contributed by atoms with Crippen molar-refractivity contribution in [1.82, 2.24) is 29.0 Å². The van der Waals surface area contributed by atoms with E-state index in [1.54, 1.807) is 26.4 Å². The van der Waals surface area contributed by atoms with Crippen LogP contribution in [0.3, 0.4) is 0 Å². The summed E-state index contributed by atoms with van der Waals surface area (Å²) in [5, 5.41) is 6.23. The van der Waals surface area contributed by atoms with Gasteiger partial charge in [0.15, 0.2) is 11.4 Å². The zero-order chi connectivity index (χ0) is 28.7. The number of likely N-dealkylation sites (tertiary alicyclic amines) is 1. The Kier molecular flexibility index (Phi) is 6.69. The minimum absolute atomic E-state index is 0.0194. The molecule has 41 heavy (non-hydrogen) atoms. The molecule has 0 unspecified atom stereocenters. The lowest BCUT2D eigenvalue weighted by molar-refractivity contribution is 0.0187. The lowest BCUT2D eigenvalue weighted by Gasteiger charge is -2.34. The minimum Gasteiger partial charge on any atom is -0.452 e. The zero-order valence-corrected chi connectivity index (χ0v) is 23.6. The number of rotatable bonds is 4. The van der Waals surface area contributed by atoms with Gasteiger partial charge in [0.2, 0.25) is 0 Å². The van der Waals surface area contributed by atoms with Gasteiger partial charge in [-0.15, -0.1) is 0 Å². The Morgan fingerprint density at radius 1 is 1.07 bits per heavy atom. The van der Waals surface area contributed by atoms with E-state index in [1.807, 2.05) is 82.6 Å². The summed E-state index contributed by atoms with van der Waals surface area (Å²) in [6.07, 6.45) is 8.12. The fourth-order valence-corrected chi connectivity index (χ4v) is 5.18. The van der Waals surface area contributed by atoms with Crippen LogP contribution in [0.25, 0.3) is 27.7 Å². The average molecular weight is 553 g/mol. The normalized spacial score (nSPS) is 14.5. The molecule has 1 aliphatic heterocycles. The number of fused-ring (bicyclic) bond motifs is 2. The van der Waals surface area contributed by atoms with Crippen molar-refractivity contribution < 1.29 is 14.3 Å². The van der Waals surface area contributed by atoms with Gasteiger partial charge in [0.1, 0.15) is 11.4 Å². The van der Waals surface area contributed by atoms with E-state index in [4.69, 9.17) is 14.6 Å². The number of amides is 1. The maximum atomic E-state index is 13.5. The van der Waals surface area contributed by atoms with Gasteiger partial charge in [0, 0.05) is 48.5 Å². The summed E-state index contributed by atoms with van der Waals surface area (Å²) in [5.74, 6) is 1.16. The average Bonchev–Trinajstić information content (AvgIpc) is 3.33. The first-order chi connectivity index (χ1) is 19.6. The van der Waals surface area contributed by atoms with E-state index >= 15 is 0 Å². The van der Waals surface area contributed by atoms with Crippen LogP contribution in [-0.2, 0) is 4.74 Å². The molecule has 6 rings (SSSR count). The molecule has 0 atom stereocenters. The van der Waals surface area contributed by atoms with Crippen LogP contribution in [-0.4, -0.2) is 53.8 Å². The monoisotopic (exact) mass is 552 g/mol. The Hall–Kier alpha value is -4.73. The maximum Gasteiger partial charge on any atom is 0.410 e. The highest BCUT2D eigenvalue weighted by atomic mass is 16.6. The number of carbonyl (C=O) groups is 1. The van der Waals surface area contributed by atoms with Crippen molar-refractivity contribution in [2.24, 2.45) is 0 Å². The third kappa shape index (κ3) is 5.50. The predicted octanol–water partition coefficient (Wildman–Crippen LogP) is 5.78. The molecule has 1 aliphatic rings. The molecule has 10 heteroatoms. The summed E-state index contributed by atoms with van der Waals surface area (Å²) in [7, 11) is 0. The van der Waals surface area contributed by atoms with Crippen LogP contribution in [0.5, 0.6) is 11.5 Å². The van der Waals surface area contributed by atoms with Gasteiger partial charge in [-0.2, -0.15) is 5.10 Å². The first-order valence-corrected chi connectivity index (χ1v) is 13.7. The van der Waals surface area contributed by atoms with Crippen LogP contribution in [0.1, 0.15) is 45.3 Å². The van der Waals surface area contributed by atoms with Gasteiger partial charge < -0.3 is 18.9 Å². The summed E-state index contributed by atoms with van der Waals surface area (Å²) >= 11 is 0. The van der Waals surface area contributed by atoms with Crippen molar-refractivity contribution in [2.75, 3.05) is 13.1 Å². The van der Waals surface area contributed by atoms with Crippen LogP contribution in [0.15, 0.2) is 72.0 Å². The van der Waals surface area contributed by atoms with Crippen LogP contribution < -0.4 is 10.3 Å². The van der Waals surface area contributed by atoms with Crippen molar-refractivity contribution >= 4 is 22.5 Å². The molecule has 1 amide bonds. The molecule has 10 nitrogen and oxygen atoms in total. The van der Waals surface area contributed by atoms with E-state index in [9.17, 15) is 9.59 Å². The molecule has 210 valence electrons. The molecule has 0 saturated carbocycles. The summed E-state index contributed by atoms with van der Waals surface area (Å²) in [4.78, 5) is 36.4. The molecule has 5 heterocycles. The standard InChI is InChI=1S/C31H32N6O4/c1-20-19-37-28(33-20)27(40-24-6-5-12-32-18-24)17-26(34-37)22-7-8-25-21(16-22)9-15-36(29(25)38)23-10-13-35(14-11-23)30(39)41-31(2,3)4/h5-9,12,15-19,23H,10-11,13-14H2,1-4H3. The maximum absolute atomic E-state index is 13.5. The first kappa shape index (κ1) is 26.5. The quantitative estimate of drug-likeness (QED) is 0.278. The third-order valence-electron chi connectivity index (χ3n) is 7.11. The van der Waals surface area contributed by atoms with Crippen molar-refractivity contribution in [3.05, 3.63) is 83.3 Å². The largest absolute Gasteiger partial charge is 0.452 e. The fraction of sp³-hybridized carbons (Fsp3) is 0.323. The topological polar surface area (TPSA) is 104 Å². The second-order valence-electron chi connectivity index (χ2n) is 11.4. The number of piperidine rings is 1. The summed E-state index contributed by atoms with van der Waals surface area (Å²) in [6, 6.07) is 13.2. The predicted molar refractivity (Wildman–Crippen MR) is 155 cm³/mol. The summed E-state index contributed by atoms with van der Waals surface area (Å²) in [6.45, 7) is 8.59. The fourth-order valence-electron chi connectivity index (χ4n) is 5.18. The molecule has 5 aromatic rings. The van der Waals surface area contributed by atoms with Crippen LogP contribution in [0.4, 0.5) is 4.79 Å². The lowest BCUT2D eigenvalue weighted by Crippen LogP contribution is -2.43. The van der Waals surface area contributed by atoms with E-state index < -0.39 is 5.60 Å². The molecule has 0 N–H and O–H groups in total. The molecule has 1 fully saturated rings. The van der Waals surface area contributed by atoms with Crippen molar-refractivity contribution in [2.45, 2.75) is 52.2 Å². The van der Waals surface area contributed by atoms with Gasteiger partial charge in [-0.1, -0.05) is 6.07 Å². The number of ether oxygens (including phenoxy) is 2. The molecule has 0 bridgehead atoms. The molecule has 0 radical (unpaired) electrons. The van der Waals surface area contributed by atoms with Gasteiger partial charge in [-0.3, -0.25) is 9.78 Å². The molecule has 4 aromatic heterocycles. The molecule has 1 saturated heterocycles. The first-order valence-electron chi connectivity index (χ1n) is 13.7. The van der Waals surface area contributed by atoms with Crippen molar-refractivity contribution in [1.29, 1.82) is 0 Å². The number of nitrogens with zero attached hydrogens (tertiary/aromatic N) is 6. The SMILES string of the molecule is Cc1cn2nc(-c3ccc4c(=O)n(C5CCN(C(=O)OC(C)(C)C)CC5)ccc4c3)cc(Oc3cccnc3)c2n1. The molecule has 0 aliphatic carbocycles. The van der Waals surface area contributed by atoms with Gasteiger partial charge in [0.25, 0.3) is 5.56 Å². The van der Waals surface area contributed by atoms with E-state index in [1.165, 1.54) is 0 Å². The van der Waals surface area contributed by atoms with Gasteiger partial charge in [-0.05, 0) is 76.3 Å². The molecule has 0 spiro atoms. The minimum atomic E-state index is -0.533. The Labute approximate surface area is 237 Å². The van der Waals surface area contributed by atoms with E-state index in [2.05, 4.69) is 9.97 Å². The smallest absolute Gasteiger partial charge is 0.410 e. The number of benzene rings is 1. The number of hydrogen-bond acceptors (Lipinski definition) is 7. The Morgan fingerprint density at radius 3 is 2.61 bits per heavy atom. The van der Waals surface area contributed by atoms with Crippen LogP contribution >= 0.6 is 0 Å². The van der Waals surface area contributed by atoms with E-state index in [0.717, 1.165) is 16.6 Å². The van der Waals surface area contributed by atoms with Crippen molar-refractivity contribution in [3.8, 4) is 22.8 Å². The van der Waals surface area contributed by atoms with Crippen LogP contribution in [0.2, 0.25) is 0 Å². The number of hydrogen-bond donors (Lipinski definition) is 0. The van der Waals surface area contributed by atoms with Gasteiger partial charge in [0.05, 0.1) is 23.8 Å². The number of imidazole rings is 1. The lowest BCUT2D eigenvalue weighted by atomic mass is 10.0. The molecular weight excluding hydrogens is 520 g/mol. The number of aryl methyl sites for hydroxylation is 1. The van der Waals surface area contributed by atoms with E-state index in [-0.39, 0.29) is 17.7 Å². The van der Waals surface area contributed by atoms with Crippen molar-refractivity contribution in [3.63, 3.8) is 0 Å². The number of aromatic nitrogens is 5. The Bertz CT molecular complexity index is 1800. The molecular formula is C31H32N6O4. The zero-order valence-electron chi connectivity index (χ0n) is 23.6. The molecule has 1 aromatic carbocycles. The Balaban J connectivity index is 1.27. The van der Waals surface area contributed by atoms with Gasteiger partial charge in [-0.25, -0.2) is 14.3 Å². The van der Waals surface area contributed by atoms with E-state index in [0.29, 0.717) is 54.2 Å². The second kappa shape index (κ2) is 10.3. The second-order valence-corrected chi connectivity index (χ2v) is 11.4. The highest BCUT2D eigenvalue weighted by Gasteiger charge is 2.28. The highest BCUT2D eigenvalue weighted by molar-refractivity contribution is 5.86. The highest BCUT2D eigenvalue weighted by Crippen LogP contribution is 2.31. The summed E-state index contributed by atoms with van der Waals surface area (Å²) in [5.41, 5.74) is 2.39. The van der Waals surface area contributed by atoms with Crippen LogP contribution in [0, 0.1) is 6.92 Å². The number of carbonyl (C=O) groups excluding carboxylic acids is 1.